The van der Waals surface area contributed by atoms with E-state index in [2.05, 4.69) is 39.5 Å². The molecule has 0 radical (unpaired) electrons. The third-order valence-corrected chi connectivity index (χ3v) is 6.57. The molecule has 2 aliphatic heterocycles. The molecule has 3 aromatic rings. The van der Waals surface area contributed by atoms with Gasteiger partial charge in [0.2, 0.25) is 5.91 Å². The molecule has 1 N–H and O–H groups in total. The van der Waals surface area contributed by atoms with Crippen LogP contribution in [0.5, 0.6) is 5.75 Å². The lowest BCUT2D eigenvalue weighted by Gasteiger charge is -2.27. The molecule has 0 atom stereocenters. The molecule has 0 aliphatic carbocycles. The van der Waals surface area contributed by atoms with Gasteiger partial charge in [0.05, 0.1) is 25.5 Å². The van der Waals surface area contributed by atoms with E-state index in [1.54, 1.807) is 11.0 Å². The normalized spacial score (nSPS) is 17.2. The monoisotopic (exact) mass is 500 g/mol. The van der Waals surface area contributed by atoms with Crippen LogP contribution in [0.2, 0.25) is 0 Å². The fourth-order valence-electron chi connectivity index (χ4n) is 4.74. The van der Waals surface area contributed by atoms with Gasteiger partial charge in [-0.1, -0.05) is 30.3 Å². The molecule has 2 aromatic carbocycles. The smallest absolute Gasteiger partial charge is 0.254 e. The number of carbonyl (C=O) groups excluding carboxylic acids is 2. The number of pyridine rings is 1. The Morgan fingerprint density at radius 3 is 2.73 bits per heavy atom. The van der Waals surface area contributed by atoms with Crippen LogP contribution in [0.4, 0.5) is 0 Å². The summed E-state index contributed by atoms with van der Waals surface area (Å²) < 4.78 is 12.0. The van der Waals surface area contributed by atoms with Gasteiger partial charge >= 0.3 is 0 Å². The highest BCUT2D eigenvalue weighted by atomic mass is 16.5. The highest BCUT2D eigenvalue weighted by Gasteiger charge is 2.23. The lowest BCUT2D eigenvalue weighted by Crippen LogP contribution is -2.49. The highest BCUT2D eigenvalue weighted by Crippen LogP contribution is 2.25. The third-order valence-electron chi connectivity index (χ3n) is 6.57. The number of piperazine rings is 1. The maximum atomic E-state index is 13.1. The molecule has 37 heavy (non-hydrogen) atoms. The Balaban J connectivity index is 1.38. The minimum atomic E-state index is -0.140. The van der Waals surface area contributed by atoms with Crippen molar-refractivity contribution in [1.82, 2.24) is 20.1 Å². The summed E-state index contributed by atoms with van der Waals surface area (Å²) in [4.78, 5) is 33.3. The summed E-state index contributed by atoms with van der Waals surface area (Å²) in [5, 5.41) is 2.77. The fourth-order valence-corrected chi connectivity index (χ4v) is 4.74. The number of hydrogen-bond acceptors (Lipinski definition) is 6. The number of benzene rings is 2. The van der Waals surface area contributed by atoms with Crippen LogP contribution in [0.3, 0.4) is 0 Å². The topological polar surface area (TPSA) is 84.0 Å². The number of rotatable bonds is 3. The summed E-state index contributed by atoms with van der Waals surface area (Å²) in [5.41, 5.74) is 4.88. The number of amides is 2. The van der Waals surface area contributed by atoms with Crippen molar-refractivity contribution in [1.29, 1.82) is 0 Å². The fraction of sp³-hybridized carbons (Fsp3) is 0.345. The molecule has 8 nitrogen and oxygen atoms in total. The minimum absolute atomic E-state index is 0.0841. The van der Waals surface area contributed by atoms with Crippen molar-refractivity contribution < 1.29 is 19.1 Å². The van der Waals surface area contributed by atoms with E-state index in [0.717, 1.165) is 42.2 Å². The lowest BCUT2D eigenvalue weighted by atomic mass is 9.99. The Morgan fingerprint density at radius 1 is 0.946 bits per heavy atom. The molecule has 0 unspecified atom stereocenters. The van der Waals surface area contributed by atoms with Crippen LogP contribution in [0.25, 0.3) is 0 Å². The van der Waals surface area contributed by atoms with Gasteiger partial charge in [-0.05, 0) is 47.0 Å². The first-order chi connectivity index (χ1) is 18.1. The SMILES string of the molecule is O=C1CN(C(=O)c2ccc3c(c2)Cc2cccc(c2)CN(Cc2ccccn2)CCOCCO3)CCN1. The molecule has 1 aromatic heterocycles. The molecule has 5 rings (SSSR count). The van der Waals surface area contributed by atoms with Crippen molar-refractivity contribution in [3.8, 4) is 5.75 Å². The van der Waals surface area contributed by atoms with Crippen molar-refractivity contribution >= 4 is 11.8 Å². The summed E-state index contributed by atoms with van der Waals surface area (Å²) >= 11 is 0. The third kappa shape index (κ3) is 6.72. The summed E-state index contributed by atoms with van der Waals surface area (Å²) in [7, 11) is 0. The van der Waals surface area contributed by atoms with Crippen molar-refractivity contribution in [3.05, 3.63) is 94.8 Å². The molecule has 192 valence electrons. The Labute approximate surface area is 217 Å². The van der Waals surface area contributed by atoms with Gasteiger partial charge in [0.1, 0.15) is 12.4 Å². The zero-order valence-electron chi connectivity index (χ0n) is 20.9. The first-order valence-electron chi connectivity index (χ1n) is 12.7. The average molecular weight is 501 g/mol. The zero-order chi connectivity index (χ0) is 25.5. The molecular weight excluding hydrogens is 468 g/mol. The van der Waals surface area contributed by atoms with E-state index in [1.165, 1.54) is 5.56 Å². The Bertz CT molecular complexity index is 1230. The number of nitrogens with zero attached hydrogens (tertiary/aromatic N) is 3. The second kappa shape index (κ2) is 12.0. The lowest BCUT2D eigenvalue weighted by molar-refractivity contribution is -0.123. The zero-order valence-corrected chi connectivity index (χ0v) is 20.9. The second-order valence-corrected chi connectivity index (χ2v) is 9.39. The van der Waals surface area contributed by atoms with Gasteiger partial charge in [0, 0.05) is 50.9 Å². The van der Waals surface area contributed by atoms with Crippen LogP contribution in [0.15, 0.2) is 66.9 Å². The van der Waals surface area contributed by atoms with Gasteiger partial charge in [0.25, 0.3) is 5.91 Å². The first kappa shape index (κ1) is 24.9. The van der Waals surface area contributed by atoms with Crippen molar-refractivity contribution in [2.24, 2.45) is 0 Å². The maximum Gasteiger partial charge on any atom is 0.254 e. The van der Waals surface area contributed by atoms with Crippen LogP contribution in [-0.2, 0) is 29.0 Å². The van der Waals surface area contributed by atoms with Gasteiger partial charge < -0.3 is 19.7 Å². The van der Waals surface area contributed by atoms with Gasteiger partial charge in [-0.25, -0.2) is 0 Å². The predicted octanol–water partition coefficient (Wildman–Crippen LogP) is 2.66. The van der Waals surface area contributed by atoms with Crippen LogP contribution < -0.4 is 10.1 Å². The first-order valence-corrected chi connectivity index (χ1v) is 12.7. The van der Waals surface area contributed by atoms with Crippen molar-refractivity contribution in [2.45, 2.75) is 19.5 Å². The summed E-state index contributed by atoms with van der Waals surface area (Å²) in [6.07, 6.45) is 2.45. The molecular formula is C29H32N4O4. The van der Waals surface area contributed by atoms with Crippen LogP contribution in [0, 0.1) is 0 Å². The Kier molecular flexibility index (Phi) is 8.08. The summed E-state index contributed by atoms with van der Waals surface area (Å²) in [5.74, 6) is 0.477. The van der Waals surface area contributed by atoms with E-state index < -0.39 is 0 Å². The van der Waals surface area contributed by atoms with E-state index in [-0.39, 0.29) is 18.4 Å². The van der Waals surface area contributed by atoms with E-state index >= 15 is 0 Å². The number of fused-ring (bicyclic) bond motifs is 3. The van der Waals surface area contributed by atoms with Crippen LogP contribution in [0.1, 0.15) is 32.7 Å². The Hall–Kier alpha value is -3.75. The molecule has 1 saturated heterocycles. The standard InChI is InChI=1S/C29H32N4O4/c34-28-21-33(11-10-31-28)29(35)24-7-8-27-25(18-24)17-22-4-3-5-23(16-22)19-32(12-13-36-14-15-37-27)20-26-6-1-2-9-30-26/h1-9,16,18H,10-15,17,19-21H2,(H,31,34). The Morgan fingerprint density at radius 2 is 1.86 bits per heavy atom. The van der Waals surface area contributed by atoms with E-state index in [4.69, 9.17) is 9.47 Å². The summed E-state index contributed by atoms with van der Waals surface area (Å²) in [6.45, 7) is 4.88. The quantitative estimate of drug-likeness (QED) is 0.595. The molecule has 1 fully saturated rings. The number of aromatic nitrogens is 1. The molecule has 8 heteroatoms. The van der Waals surface area contributed by atoms with Crippen LogP contribution in [-0.4, -0.2) is 72.6 Å². The van der Waals surface area contributed by atoms with E-state index in [1.807, 2.05) is 36.5 Å². The number of carbonyl (C=O) groups is 2. The highest BCUT2D eigenvalue weighted by molar-refractivity contribution is 5.97. The van der Waals surface area contributed by atoms with E-state index in [0.29, 0.717) is 44.9 Å². The largest absolute Gasteiger partial charge is 0.491 e. The molecule has 0 spiro atoms. The number of hydrogen-bond donors (Lipinski definition) is 1. The summed E-state index contributed by atoms with van der Waals surface area (Å²) in [6, 6.07) is 20.1. The van der Waals surface area contributed by atoms with Crippen LogP contribution >= 0.6 is 0 Å². The van der Waals surface area contributed by atoms with Gasteiger partial charge in [-0.15, -0.1) is 0 Å². The van der Waals surface area contributed by atoms with Gasteiger partial charge in [0.15, 0.2) is 0 Å². The number of ether oxygens (including phenoxy) is 2. The average Bonchev–Trinajstić information content (AvgIpc) is 2.91. The minimum Gasteiger partial charge on any atom is -0.491 e. The molecule has 3 heterocycles. The van der Waals surface area contributed by atoms with Gasteiger partial charge in [-0.2, -0.15) is 0 Å². The molecule has 2 bridgehead atoms. The number of nitrogens with one attached hydrogen (secondary N) is 1. The second-order valence-electron chi connectivity index (χ2n) is 9.39. The molecule has 0 saturated carbocycles. The predicted molar refractivity (Wildman–Crippen MR) is 139 cm³/mol. The van der Waals surface area contributed by atoms with Crippen molar-refractivity contribution in [2.75, 3.05) is 46.0 Å². The molecule has 2 aliphatic rings. The van der Waals surface area contributed by atoms with Crippen molar-refractivity contribution in [3.63, 3.8) is 0 Å². The van der Waals surface area contributed by atoms with E-state index in [9.17, 15) is 9.59 Å². The molecule has 2 amide bonds. The maximum absolute atomic E-state index is 13.1. The van der Waals surface area contributed by atoms with Gasteiger partial charge in [-0.3, -0.25) is 19.5 Å².